The number of aromatic carboxylic acids is 1. The molecule has 5 nitrogen and oxygen atoms in total. The van der Waals surface area contributed by atoms with Crippen LogP contribution in [0.25, 0.3) is 0 Å². The topological polar surface area (TPSA) is 78.8 Å². The molecule has 21 heavy (non-hydrogen) atoms. The molecule has 2 N–H and O–H groups in total. The molecule has 5 heteroatoms. The molecule has 0 atom stereocenters. The fourth-order valence-corrected chi connectivity index (χ4v) is 1.80. The Morgan fingerprint density at radius 1 is 1.05 bits per heavy atom. The van der Waals surface area contributed by atoms with Gasteiger partial charge in [0.2, 0.25) is 5.91 Å². The Balaban J connectivity index is 1.97. The Kier molecular flexibility index (Phi) is 4.82. The van der Waals surface area contributed by atoms with Crippen LogP contribution in [0.15, 0.2) is 59.7 Å². The van der Waals surface area contributed by atoms with Crippen molar-refractivity contribution in [1.29, 1.82) is 0 Å². The van der Waals surface area contributed by atoms with Crippen LogP contribution in [0.5, 0.6) is 0 Å². The van der Waals surface area contributed by atoms with Crippen LogP contribution < -0.4 is 5.43 Å². The summed E-state index contributed by atoms with van der Waals surface area (Å²) >= 11 is 0. The van der Waals surface area contributed by atoms with Gasteiger partial charge in [-0.15, -0.1) is 0 Å². The molecule has 0 aliphatic heterocycles. The highest BCUT2D eigenvalue weighted by atomic mass is 16.4. The summed E-state index contributed by atoms with van der Waals surface area (Å²) in [5, 5.41) is 12.8. The number of nitrogens with zero attached hydrogens (tertiary/aromatic N) is 1. The number of rotatable bonds is 5. The van der Waals surface area contributed by atoms with E-state index in [2.05, 4.69) is 10.5 Å². The van der Waals surface area contributed by atoms with E-state index in [1.165, 1.54) is 12.3 Å². The van der Waals surface area contributed by atoms with Gasteiger partial charge in [-0.1, -0.05) is 48.5 Å². The number of benzene rings is 2. The molecule has 0 radical (unpaired) electrons. The summed E-state index contributed by atoms with van der Waals surface area (Å²) in [6.45, 7) is 0. The van der Waals surface area contributed by atoms with Crippen molar-refractivity contribution in [3.05, 3.63) is 71.3 Å². The largest absolute Gasteiger partial charge is 0.478 e. The first-order valence-corrected chi connectivity index (χ1v) is 6.35. The van der Waals surface area contributed by atoms with Gasteiger partial charge >= 0.3 is 5.97 Å². The van der Waals surface area contributed by atoms with E-state index in [-0.39, 0.29) is 17.9 Å². The van der Waals surface area contributed by atoms with Crippen molar-refractivity contribution >= 4 is 18.1 Å². The fourth-order valence-electron chi connectivity index (χ4n) is 1.80. The summed E-state index contributed by atoms with van der Waals surface area (Å²) in [7, 11) is 0. The molecule has 0 saturated heterocycles. The lowest BCUT2D eigenvalue weighted by Gasteiger charge is -2.01. The summed E-state index contributed by atoms with van der Waals surface area (Å²) < 4.78 is 0. The van der Waals surface area contributed by atoms with Gasteiger partial charge in [0, 0.05) is 5.56 Å². The Morgan fingerprint density at radius 2 is 1.71 bits per heavy atom. The van der Waals surface area contributed by atoms with Crippen molar-refractivity contribution in [3.8, 4) is 0 Å². The quantitative estimate of drug-likeness (QED) is 0.651. The van der Waals surface area contributed by atoms with Crippen LogP contribution in [0.2, 0.25) is 0 Å². The third kappa shape index (κ3) is 4.28. The lowest BCUT2D eigenvalue weighted by molar-refractivity contribution is -0.120. The van der Waals surface area contributed by atoms with E-state index in [0.29, 0.717) is 5.56 Å². The number of nitrogens with one attached hydrogen (secondary N) is 1. The smallest absolute Gasteiger partial charge is 0.336 e. The van der Waals surface area contributed by atoms with Gasteiger partial charge in [-0.05, 0) is 11.6 Å². The van der Waals surface area contributed by atoms with E-state index >= 15 is 0 Å². The summed E-state index contributed by atoms with van der Waals surface area (Å²) in [5.74, 6) is -1.29. The van der Waals surface area contributed by atoms with Gasteiger partial charge in [-0.3, -0.25) is 4.79 Å². The third-order valence-corrected chi connectivity index (χ3v) is 2.79. The van der Waals surface area contributed by atoms with Crippen LogP contribution in [0, 0.1) is 0 Å². The maximum absolute atomic E-state index is 11.7. The Morgan fingerprint density at radius 3 is 2.43 bits per heavy atom. The second kappa shape index (κ2) is 7.00. The molecule has 0 saturated carbocycles. The normalized spacial score (nSPS) is 10.5. The fraction of sp³-hybridized carbons (Fsp3) is 0.0625. The zero-order valence-electron chi connectivity index (χ0n) is 11.2. The minimum Gasteiger partial charge on any atom is -0.478 e. The number of hydrazone groups is 1. The number of carbonyl (C=O) groups excluding carboxylic acids is 1. The van der Waals surface area contributed by atoms with Crippen LogP contribution >= 0.6 is 0 Å². The van der Waals surface area contributed by atoms with Crippen LogP contribution in [-0.2, 0) is 11.2 Å². The van der Waals surface area contributed by atoms with Gasteiger partial charge < -0.3 is 5.11 Å². The minimum atomic E-state index is -1.03. The summed E-state index contributed by atoms with van der Waals surface area (Å²) in [6.07, 6.45) is 1.55. The lowest BCUT2D eigenvalue weighted by atomic mass is 10.1. The molecule has 0 heterocycles. The molecule has 0 fully saturated rings. The Bertz CT molecular complexity index is 666. The first-order chi connectivity index (χ1) is 10.2. The van der Waals surface area contributed by atoms with Gasteiger partial charge in [-0.2, -0.15) is 5.10 Å². The highest BCUT2D eigenvalue weighted by Gasteiger charge is 2.07. The summed E-state index contributed by atoms with van der Waals surface area (Å²) in [6, 6.07) is 15.7. The molecule has 0 bridgehead atoms. The van der Waals surface area contributed by atoms with Crippen LogP contribution in [-0.4, -0.2) is 23.2 Å². The average Bonchev–Trinajstić information content (AvgIpc) is 2.48. The molecule has 0 aliphatic carbocycles. The van der Waals surface area contributed by atoms with E-state index in [1.807, 2.05) is 30.3 Å². The lowest BCUT2D eigenvalue weighted by Crippen LogP contribution is -2.19. The highest BCUT2D eigenvalue weighted by Crippen LogP contribution is 2.05. The number of carbonyl (C=O) groups is 2. The van der Waals surface area contributed by atoms with Gasteiger partial charge in [0.05, 0.1) is 18.2 Å². The number of amides is 1. The molecule has 2 aromatic carbocycles. The van der Waals surface area contributed by atoms with Crippen LogP contribution in [0.4, 0.5) is 0 Å². The predicted molar refractivity (Wildman–Crippen MR) is 79.3 cm³/mol. The first-order valence-electron chi connectivity index (χ1n) is 6.35. The molecule has 0 aliphatic rings. The Labute approximate surface area is 121 Å². The molecule has 2 aromatic rings. The molecule has 1 amide bonds. The van der Waals surface area contributed by atoms with Gasteiger partial charge in [0.15, 0.2) is 0 Å². The molecule has 106 valence electrons. The average molecular weight is 282 g/mol. The standard InChI is InChI=1S/C16H14N2O3/c19-15(10-12-6-2-1-3-7-12)18-17-11-13-8-4-5-9-14(13)16(20)21/h1-9,11H,10H2,(H,18,19)(H,20,21)/b17-11+. The molecule has 0 unspecified atom stereocenters. The third-order valence-electron chi connectivity index (χ3n) is 2.79. The number of hydrogen-bond donors (Lipinski definition) is 2. The number of carboxylic acid groups (broad SMARTS) is 1. The van der Waals surface area contributed by atoms with Crippen molar-refractivity contribution in [2.75, 3.05) is 0 Å². The van der Waals surface area contributed by atoms with E-state index in [9.17, 15) is 9.59 Å². The second-order valence-corrected chi connectivity index (χ2v) is 4.35. The SMILES string of the molecule is O=C(Cc1ccccc1)N/N=C/c1ccccc1C(=O)O. The minimum absolute atomic E-state index is 0.138. The van der Waals surface area contributed by atoms with Crippen LogP contribution in [0.1, 0.15) is 21.5 Å². The van der Waals surface area contributed by atoms with Crippen molar-refractivity contribution in [1.82, 2.24) is 5.43 Å². The van der Waals surface area contributed by atoms with Crippen LogP contribution in [0.3, 0.4) is 0 Å². The maximum Gasteiger partial charge on any atom is 0.336 e. The number of carboxylic acids is 1. The van der Waals surface area contributed by atoms with Gasteiger partial charge in [0.25, 0.3) is 0 Å². The molecule has 0 spiro atoms. The predicted octanol–water partition coefficient (Wildman–Crippen LogP) is 2.08. The van der Waals surface area contributed by atoms with E-state index < -0.39 is 5.97 Å². The number of hydrogen-bond acceptors (Lipinski definition) is 3. The monoisotopic (exact) mass is 282 g/mol. The van der Waals surface area contributed by atoms with Crippen molar-refractivity contribution in [2.45, 2.75) is 6.42 Å². The molecule has 2 rings (SSSR count). The van der Waals surface area contributed by atoms with E-state index in [1.54, 1.807) is 18.2 Å². The molecular weight excluding hydrogens is 268 g/mol. The first kappa shape index (κ1) is 14.5. The van der Waals surface area contributed by atoms with Crippen molar-refractivity contribution in [3.63, 3.8) is 0 Å². The van der Waals surface area contributed by atoms with Gasteiger partial charge in [0.1, 0.15) is 0 Å². The van der Waals surface area contributed by atoms with Gasteiger partial charge in [-0.25, -0.2) is 10.2 Å². The highest BCUT2D eigenvalue weighted by molar-refractivity contribution is 5.98. The van der Waals surface area contributed by atoms with Crippen molar-refractivity contribution in [2.24, 2.45) is 5.10 Å². The Hall–Kier alpha value is -2.95. The summed E-state index contributed by atoms with van der Waals surface area (Å²) in [4.78, 5) is 22.7. The van der Waals surface area contributed by atoms with E-state index in [0.717, 1.165) is 5.56 Å². The maximum atomic E-state index is 11.7. The zero-order chi connectivity index (χ0) is 15.1. The summed E-state index contributed by atoms with van der Waals surface area (Å²) in [5.41, 5.74) is 3.84. The zero-order valence-corrected chi connectivity index (χ0v) is 11.2. The second-order valence-electron chi connectivity index (χ2n) is 4.35. The van der Waals surface area contributed by atoms with Crippen molar-refractivity contribution < 1.29 is 14.7 Å². The molecule has 0 aromatic heterocycles. The van der Waals surface area contributed by atoms with E-state index in [4.69, 9.17) is 5.11 Å². The molecular formula is C16H14N2O3.